The van der Waals surface area contributed by atoms with E-state index in [-0.39, 0.29) is 0 Å². The van der Waals surface area contributed by atoms with E-state index in [1.54, 1.807) is 24.3 Å². The molecule has 2 aromatic carbocycles. The van der Waals surface area contributed by atoms with Crippen LogP contribution in [0.2, 0.25) is 10.0 Å². The summed E-state index contributed by atoms with van der Waals surface area (Å²) >= 11 is 12.1. The molecule has 1 heterocycles. The van der Waals surface area contributed by atoms with Crippen molar-refractivity contribution < 1.29 is 4.63 Å². The molecule has 1 aromatic heterocycles. The van der Waals surface area contributed by atoms with Gasteiger partial charge in [0.05, 0.1) is 27.1 Å². The zero-order valence-electron chi connectivity index (χ0n) is 9.52. The van der Waals surface area contributed by atoms with E-state index in [0.29, 0.717) is 38.1 Å². The van der Waals surface area contributed by atoms with Crippen molar-refractivity contribution in [3.05, 3.63) is 40.4 Å². The maximum Gasteiger partial charge on any atom is 0.160 e. The lowest BCUT2D eigenvalue weighted by Crippen LogP contribution is -1.94. The van der Waals surface area contributed by atoms with Crippen LogP contribution < -0.4 is 11.1 Å². The lowest BCUT2D eigenvalue weighted by atomic mass is 10.2. The smallest absolute Gasteiger partial charge is 0.160 e. The Morgan fingerprint density at radius 3 is 2.63 bits per heavy atom. The van der Waals surface area contributed by atoms with Gasteiger partial charge in [-0.3, -0.25) is 0 Å². The van der Waals surface area contributed by atoms with E-state index >= 15 is 0 Å². The van der Waals surface area contributed by atoms with Crippen LogP contribution in [0.5, 0.6) is 0 Å². The van der Waals surface area contributed by atoms with E-state index in [2.05, 4.69) is 15.6 Å². The van der Waals surface area contributed by atoms with Gasteiger partial charge >= 0.3 is 0 Å². The first kappa shape index (κ1) is 12.1. The molecule has 0 radical (unpaired) electrons. The van der Waals surface area contributed by atoms with Crippen LogP contribution in [0.25, 0.3) is 11.0 Å². The molecule has 0 spiro atoms. The van der Waals surface area contributed by atoms with Crippen molar-refractivity contribution >= 4 is 51.3 Å². The molecule has 0 aliphatic carbocycles. The van der Waals surface area contributed by atoms with Gasteiger partial charge in [-0.1, -0.05) is 29.3 Å². The Morgan fingerprint density at radius 1 is 1.00 bits per heavy atom. The molecule has 3 rings (SSSR count). The predicted octanol–water partition coefficient (Wildman–Crippen LogP) is 3.86. The van der Waals surface area contributed by atoms with Crippen LogP contribution in [-0.4, -0.2) is 10.3 Å². The number of nitrogens with zero attached hydrogens (tertiary/aromatic N) is 2. The van der Waals surface area contributed by atoms with Crippen LogP contribution in [0, 0.1) is 0 Å². The van der Waals surface area contributed by atoms with E-state index in [1.807, 2.05) is 6.07 Å². The summed E-state index contributed by atoms with van der Waals surface area (Å²) in [6.07, 6.45) is 0. The summed E-state index contributed by atoms with van der Waals surface area (Å²) in [5.74, 6) is 0. The van der Waals surface area contributed by atoms with E-state index in [0.717, 1.165) is 0 Å². The Labute approximate surface area is 118 Å². The first-order chi connectivity index (χ1) is 9.16. The minimum Gasteiger partial charge on any atom is -0.397 e. The van der Waals surface area contributed by atoms with Gasteiger partial charge in [0.2, 0.25) is 0 Å². The third kappa shape index (κ3) is 2.07. The number of benzene rings is 2. The first-order valence-electron chi connectivity index (χ1n) is 5.38. The summed E-state index contributed by atoms with van der Waals surface area (Å²) in [5.41, 5.74) is 8.68. The fourth-order valence-electron chi connectivity index (χ4n) is 1.73. The summed E-state index contributed by atoms with van der Waals surface area (Å²) in [4.78, 5) is 0. The van der Waals surface area contributed by atoms with Crippen LogP contribution in [0.4, 0.5) is 17.1 Å². The maximum absolute atomic E-state index is 6.12. The summed E-state index contributed by atoms with van der Waals surface area (Å²) < 4.78 is 4.70. The second kappa shape index (κ2) is 4.60. The molecule has 0 atom stereocenters. The fourth-order valence-corrected chi connectivity index (χ4v) is 2.08. The molecule has 5 nitrogen and oxygen atoms in total. The molecule has 0 aliphatic heterocycles. The minimum absolute atomic E-state index is 0.436. The standard InChI is InChI=1S/C12H8Cl2N4O/c13-6-2-1-3-8(10(6)14)16-9-5-4-7(15)11-12(9)18-19-17-11/h1-5,16H,15H2. The molecular weight excluding hydrogens is 287 g/mol. The van der Waals surface area contributed by atoms with E-state index in [4.69, 9.17) is 33.6 Å². The van der Waals surface area contributed by atoms with Crippen LogP contribution in [-0.2, 0) is 0 Å². The number of rotatable bonds is 2. The van der Waals surface area contributed by atoms with Crippen LogP contribution in [0.3, 0.4) is 0 Å². The van der Waals surface area contributed by atoms with Gasteiger partial charge in [0.25, 0.3) is 0 Å². The molecule has 0 saturated heterocycles. The van der Waals surface area contributed by atoms with Gasteiger partial charge in [-0.15, -0.1) is 0 Å². The van der Waals surface area contributed by atoms with Gasteiger partial charge in [0, 0.05) is 0 Å². The Kier molecular flexibility index (Phi) is 2.93. The molecule has 0 aliphatic rings. The molecule has 0 unspecified atom stereocenters. The SMILES string of the molecule is Nc1ccc(Nc2cccc(Cl)c2Cl)c2nonc12. The highest BCUT2D eigenvalue weighted by Gasteiger charge is 2.12. The topological polar surface area (TPSA) is 77.0 Å². The maximum atomic E-state index is 6.12. The van der Waals surface area contributed by atoms with Crippen molar-refractivity contribution in [1.29, 1.82) is 0 Å². The molecule has 19 heavy (non-hydrogen) atoms. The van der Waals surface area contributed by atoms with Crippen LogP contribution >= 0.6 is 23.2 Å². The van der Waals surface area contributed by atoms with Crippen molar-refractivity contribution in [2.45, 2.75) is 0 Å². The second-order valence-electron chi connectivity index (χ2n) is 3.89. The number of halogens is 2. The predicted molar refractivity (Wildman–Crippen MR) is 76.0 cm³/mol. The Hall–Kier alpha value is -1.98. The van der Waals surface area contributed by atoms with Crippen LogP contribution in [0.1, 0.15) is 0 Å². The van der Waals surface area contributed by atoms with Crippen molar-refractivity contribution in [2.24, 2.45) is 0 Å². The largest absolute Gasteiger partial charge is 0.397 e. The highest BCUT2D eigenvalue weighted by atomic mass is 35.5. The summed E-state index contributed by atoms with van der Waals surface area (Å²) in [6.45, 7) is 0. The minimum atomic E-state index is 0.436. The van der Waals surface area contributed by atoms with Crippen molar-refractivity contribution in [3.63, 3.8) is 0 Å². The molecule has 7 heteroatoms. The third-order valence-corrected chi connectivity index (χ3v) is 3.49. The molecule has 0 amide bonds. The zero-order valence-corrected chi connectivity index (χ0v) is 11.0. The van der Waals surface area contributed by atoms with E-state index in [9.17, 15) is 0 Å². The van der Waals surface area contributed by atoms with E-state index < -0.39 is 0 Å². The number of nitrogen functional groups attached to an aromatic ring is 1. The van der Waals surface area contributed by atoms with Gasteiger partial charge in [-0.2, -0.15) is 0 Å². The average molecular weight is 295 g/mol. The number of fused-ring (bicyclic) bond motifs is 1. The van der Waals surface area contributed by atoms with Crippen molar-refractivity contribution in [1.82, 2.24) is 10.3 Å². The number of hydrogen-bond donors (Lipinski definition) is 2. The quantitative estimate of drug-likeness (QED) is 0.702. The number of aromatic nitrogens is 2. The molecule has 3 aromatic rings. The summed E-state index contributed by atoms with van der Waals surface area (Å²) in [5, 5.41) is 11.6. The highest BCUT2D eigenvalue weighted by Crippen LogP contribution is 2.34. The van der Waals surface area contributed by atoms with Gasteiger partial charge in [0.15, 0.2) is 11.0 Å². The number of anilines is 3. The number of nitrogens with two attached hydrogens (primary N) is 1. The van der Waals surface area contributed by atoms with Crippen molar-refractivity contribution in [3.8, 4) is 0 Å². The molecule has 96 valence electrons. The Bertz CT molecular complexity index is 757. The summed E-state index contributed by atoms with van der Waals surface area (Å²) in [6, 6.07) is 8.81. The lowest BCUT2D eigenvalue weighted by molar-refractivity contribution is 0.316. The normalized spacial score (nSPS) is 10.8. The zero-order chi connectivity index (χ0) is 13.4. The molecule has 3 N–H and O–H groups in total. The Balaban J connectivity index is 2.09. The fraction of sp³-hybridized carbons (Fsp3) is 0. The van der Waals surface area contributed by atoms with Gasteiger partial charge in [-0.25, -0.2) is 4.63 Å². The molecule has 0 bridgehead atoms. The molecular formula is C12H8Cl2N4O. The molecule has 0 fully saturated rings. The van der Waals surface area contributed by atoms with Crippen LogP contribution in [0.15, 0.2) is 35.0 Å². The summed E-state index contributed by atoms with van der Waals surface area (Å²) in [7, 11) is 0. The third-order valence-electron chi connectivity index (χ3n) is 2.67. The lowest BCUT2D eigenvalue weighted by Gasteiger charge is -2.09. The highest BCUT2D eigenvalue weighted by molar-refractivity contribution is 6.43. The van der Waals surface area contributed by atoms with Gasteiger partial charge in [0.1, 0.15) is 0 Å². The second-order valence-corrected chi connectivity index (χ2v) is 4.68. The Morgan fingerprint density at radius 2 is 1.79 bits per heavy atom. The first-order valence-corrected chi connectivity index (χ1v) is 6.14. The van der Waals surface area contributed by atoms with Gasteiger partial charge in [-0.05, 0) is 34.6 Å². The average Bonchev–Trinajstić information content (AvgIpc) is 2.88. The number of hydrogen-bond acceptors (Lipinski definition) is 5. The number of nitrogens with one attached hydrogen (secondary N) is 1. The van der Waals surface area contributed by atoms with E-state index in [1.165, 1.54) is 0 Å². The van der Waals surface area contributed by atoms with Crippen molar-refractivity contribution in [2.75, 3.05) is 11.1 Å². The monoisotopic (exact) mass is 294 g/mol. The molecule has 0 saturated carbocycles. The van der Waals surface area contributed by atoms with Gasteiger partial charge < -0.3 is 11.1 Å².